The zero-order valence-electron chi connectivity index (χ0n) is 36.2. The summed E-state index contributed by atoms with van der Waals surface area (Å²) in [6.45, 7) is 25.2. The van der Waals surface area contributed by atoms with E-state index in [0.29, 0.717) is 0 Å². The van der Waals surface area contributed by atoms with Crippen molar-refractivity contribution in [1.82, 2.24) is 0 Å². The molecule has 0 aromatic carbocycles. The number of carboxylic acids is 4. The summed E-state index contributed by atoms with van der Waals surface area (Å²) in [5.41, 5.74) is -4.67. The monoisotopic (exact) mass is 886 g/mol. The molecule has 0 aliphatic rings. The average molecular weight is 888 g/mol. The van der Waals surface area contributed by atoms with Gasteiger partial charge in [0.1, 0.15) is 47.0 Å². The molecular weight excluding hydrogens is 828 g/mol. The molecule has 320 valence electrons. The number of rotatable bonds is 20. The van der Waals surface area contributed by atoms with Gasteiger partial charge in [-0.1, -0.05) is 111 Å². The Balaban J connectivity index is -0.000000210. The molecule has 0 bridgehead atoms. The minimum absolute atomic E-state index is 0. The number of hydrogen-bond acceptors (Lipinski definition) is 16. The van der Waals surface area contributed by atoms with E-state index >= 15 is 0 Å². The fraction of sp³-hybridized carbons (Fsp3) is 0.700. The number of hydrogen-bond donors (Lipinski definition) is 0. The first-order chi connectivity index (χ1) is 24.7. The molecule has 0 rings (SSSR count). The molecule has 57 heavy (non-hydrogen) atoms. The van der Waals surface area contributed by atoms with Crippen LogP contribution < -0.4 is 20.4 Å². The summed E-state index contributed by atoms with van der Waals surface area (Å²) in [6.07, 6.45) is -0.232. The van der Waals surface area contributed by atoms with E-state index in [1.807, 2.05) is 0 Å². The van der Waals surface area contributed by atoms with Gasteiger partial charge in [-0.15, -0.1) is 0 Å². The topological polar surface area (TPSA) is 297 Å². The van der Waals surface area contributed by atoms with E-state index in [-0.39, 0.29) is 98.7 Å². The van der Waals surface area contributed by atoms with Crippen LogP contribution in [0.4, 0.5) is 0 Å². The largest absolute Gasteiger partial charge is 4.00 e. The van der Waals surface area contributed by atoms with Gasteiger partial charge in [-0.05, 0) is 0 Å². The first-order valence-electron chi connectivity index (χ1n) is 17.9. The van der Waals surface area contributed by atoms with Gasteiger partial charge in [0.05, 0.1) is 0 Å². The van der Waals surface area contributed by atoms with Gasteiger partial charge in [0.25, 0.3) is 0 Å². The number of ketones is 8. The second-order valence-corrected chi connectivity index (χ2v) is 17.2. The molecular formula is C40H60O16Zr. The molecule has 0 spiro atoms. The second-order valence-electron chi connectivity index (χ2n) is 17.2. The molecule has 0 saturated heterocycles. The van der Waals surface area contributed by atoms with E-state index in [2.05, 4.69) is 0 Å². The van der Waals surface area contributed by atoms with Crippen molar-refractivity contribution in [2.45, 2.75) is 136 Å². The molecule has 0 N–H and O–H groups in total. The maximum absolute atomic E-state index is 11.3. The van der Waals surface area contributed by atoms with Crippen molar-refractivity contribution in [1.29, 1.82) is 0 Å². The maximum atomic E-state index is 11.3. The first-order valence-corrected chi connectivity index (χ1v) is 17.9. The van der Waals surface area contributed by atoms with Crippen LogP contribution in [0.5, 0.6) is 0 Å². The number of carbonyl (C=O) groups excluding carboxylic acids is 12. The smallest absolute Gasteiger partial charge is 0.542 e. The molecule has 0 amide bonds. The van der Waals surface area contributed by atoms with Crippen LogP contribution in [0.1, 0.15) is 136 Å². The van der Waals surface area contributed by atoms with E-state index in [1.54, 1.807) is 55.4 Å². The first kappa shape index (κ1) is 62.3. The Morgan fingerprint density at radius 2 is 0.421 bits per heavy atom. The molecule has 0 unspecified atom stereocenters. The molecule has 16 nitrogen and oxygen atoms in total. The summed E-state index contributed by atoms with van der Waals surface area (Å²) in [7, 11) is 0. The van der Waals surface area contributed by atoms with Crippen molar-refractivity contribution in [3.63, 3.8) is 0 Å². The van der Waals surface area contributed by atoms with Crippen LogP contribution >= 0.6 is 0 Å². The Bertz CT molecular complexity index is 1280. The van der Waals surface area contributed by atoms with Gasteiger partial charge in [-0.3, -0.25) is 38.4 Å². The SMILES string of the molecule is CC(C)C(=O)CC(C)(C)C(=O)C(=O)[O-].CC(C)C(=O)CC(C)(C)C(=O)C(=O)[O-].CC(C)C(=O)CC(C)(C)C(=O)C(=O)[O-].CC(C)C(=O)CC(C)(C)C(=O)C(=O)[O-].[Zr+4]. The van der Waals surface area contributed by atoms with Gasteiger partial charge < -0.3 is 39.6 Å². The number of Topliss-reactive ketones (excluding diaryl/α,β-unsaturated/α-hetero) is 8. The van der Waals surface area contributed by atoms with Crippen molar-refractivity contribution >= 4 is 70.1 Å². The third-order valence-electron chi connectivity index (χ3n) is 8.24. The third kappa shape index (κ3) is 25.2. The molecule has 0 aliphatic carbocycles. The fourth-order valence-electron chi connectivity index (χ4n) is 3.99. The molecule has 0 saturated carbocycles. The zero-order chi connectivity index (χ0) is 46.1. The van der Waals surface area contributed by atoms with Crippen LogP contribution in [0.25, 0.3) is 0 Å². The Hall–Kier alpha value is -3.88. The minimum atomic E-state index is -1.73. The Morgan fingerprint density at radius 3 is 0.491 bits per heavy atom. The van der Waals surface area contributed by atoms with Gasteiger partial charge in [-0.25, -0.2) is 0 Å². The van der Waals surface area contributed by atoms with Crippen molar-refractivity contribution in [2.24, 2.45) is 45.3 Å². The van der Waals surface area contributed by atoms with Crippen molar-refractivity contribution in [2.75, 3.05) is 0 Å². The predicted molar refractivity (Wildman–Crippen MR) is 193 cm³/mol. The van der Waals surface area contributed by atoms with E-state index in [9.17, 15) is 78.0 Å². The quantitative estimate of drug-likeness (QED) is 0.143. The summed E-state index contributed by atoms with van der Waals surface area (Å²) in [5.74, 6) is -12.3. The van der Waals surface area contributed by atoms with Gasteiger partial charge in [-0.2, -0.15) is 0 Å². The van der Waals surface area contributed by atoms with Crippen LogP contribution in [-0.2, 0) is 83.7 Å². The standard InChI is InChI=1S/4C10H16O4.Zr/c4*1-6(2)7(11)5-10(3,4)8(12)9(13)14;/h4*6H,5H2,1-4H3,(H,13,14);/q;;;;+4/p-4. The summed E-state index contributed by atoms with van der Waals surface area (Å²) < 4.78 is 0. The molecule has 0 heterocycles. The van der Waals surface area contributed by atoms with Crippen molar-refractivity contribution in [3.8, 4) is 0 Å². The average Bonchev–Trinajstić information content (AvgIpc) is 3.02. The molecule has 0 radical (unpaired) electrons. The van der Waals surface area contributed by atoms with E-state index in [1.165, 1.54) is 55.4 Å². The molecule has 0 atom stereocenters. The van der Waals surface area contributed by atoms with Crippen molar-refractivity contribution in [3.05, 3.63) is 0 Å². The maximum Gasteiger partial charge on any atom is 4.00 e. The molecule has 0 aliphatic heterocycles. The van der Waals surface area contributed by atoms with Gasteiger partial charge >= 0.3 is 26.2 Å². The fourth-order valence-corrected chi connectivity index (χ4v) is 3.99. The summed E-state index contributed by atoms with van der Waals surface area (Å²) in [4.78, 5) is 131. The Morgan fingerprint density at radius 1 is 0.316 bits per heavy atom. The van der Waals surface area contributed by atoms with Gasteiger partial charge in [0.15, 0.2) is 23.1 Å². The van der Waals surface area contributed by atoms with E-state index in [0.717, 1.165) is 0 Å². The van der Waals surface area contributed by atoms with Gasteiger partial charge in [0.2, 0.25) is 0 Å². The predicted octanol–water partition coefficient (Wildman–Crippen LogP) is -0.215. The van der Waals surface area contributed by atoms with Crippen molar-refractivity contribution < 1.29 is 104 Å². The third-order valence-corrected chi connectivity index (χ3v) is 8.24. The number of carboxylic acid groups (broad SMARTS) is 4. The van der Waals surface area contributed by atoms with E-state index < -0.39 is 68.7 Å². The van der Waals surface area contributed by atoms with Crippen LogP contribution in [0.15, 0.2) is 0 Å². The van der Waals surface area contributed by atoms with E-state index in [4.69, 9.17) is 0 Å². The minimum Gasteiger partial charge on any atom is -0.542 e. The summed E-state index contributed by atoms with van der Waals surface area (Å²) in [5, 5.41) is 41.3. The summed E-state index contributed by atoms with van der Waals surface area (Å²) >= 11 is 0. The Labute approximate surface area is 354 Å². The van der Waals surface area contributed by atoms with Crippen LogP contribution in [0.2, 0.25) is 0 Å². The summed E-state index contributed by atoms with van der Waals surface area (Å²) in [6, 6.07) is 0. The zero-order valence-corrected chi connectivity index (χ0v) is 38.6. The Kier molecular flexibility index (Phi) is 28.6. The molecule has 17 heteroatoms. The second kappa shape index (κ2) is 26.2. The number of aliphatic carboxylic acids is 4. The molecule has 0 aromatic rings. The molecule has 0 aromatic heterocycles. The van der Waals surface area contributed by atoms with Crippen LogP contribution in [0.3, 0.4) is 0 Å². The molecule has 0 fully saturated rings. The number of carbonyl (C=O) groups is 12. The van der Waals surface area contributed by atoms with Crippen LogP contribution in [-0.4, -0.2) is 70.1 Å². The normalized spacial score (nSPS) is 11.3. The van der Waals surface area contributed by atoms with Gasteiger partial charge in [0, 0.05) is 71.0 Å². The van der Waals surface area contributed by atoms with Crippen LogP contribution in [0, 0.1) is 45.3 Å².